The van der Waals surface area contributed by atoms with Gasteiger partial charge in [0.25, 0.3) is 0 Å². The molecule has 0 aromatic carbocycles. The zero-order valence-corrected chi connectivity index (χ0v) is 19.3. The molecule has 2 heteroatoms. The maximum atomic E-state index is 13.5. The van der Waals surface area contributed by atoms with Gasteiger partial charge in [-0.2, -0.15) is 0 Å². The summed E-state index contributed by atoms with van der Waals surface area (Å²) in [6.45, 7) is 9.64. The van der Waals surface area contributed by atoms with Gasteiger partial charge in [-0.25, -0.2) is 0 Å². The van der Waals surface area contributed by atoms with Crippen LogP contribution in [0.3, 0.4) is 0 Å². The van der Waals surface area contributed by atoms with E-state index in [2.05, 4.69) is 51.2 Å². The van der Waals surface area contributed by atoms with Crippen LogP contribution in [0.15, 0.2) is 47.9 Å². The molecule has 2 nitrogen and oxygen atoms in total. The van der Waals surface area contributed by atoms with Gasteiger partial charge in [-0.3, -0.25) is 4.79 Å². The molecule has 4 saturated carbocycles. The van der Waals surface area contributed by atoms with Crippen molar-refractivity contribution in [2.45, 2.75) is 79.1 Å². The summed E-state index contributed by atoms with van der Waals surface area (Å²) in [5.74, 6) is 3.36. The van der Waals surface area contributed by atoms with Crippen LogP contribution in [-0.2, 0) is 4.79 Å². The van der Waals surface area contributed by atoms with Gasteiger partial charge in [0.1, 0.15) is 5.78 Å². The zero-order chi connectivity index (χ0) is 21.1. The predicted molar refractivity (Wildman–Crippen MR) is 123 cm³/mol. The van der Waals surface area contributed by atoms with Crippen molar-refractivity contribution in [2.24, 2.45) is 39.9 Å². The lowest BCUT2D eigenvalue weighted by Gasteiger charge is -2.63. The summed E-state index contributed by atoms with van der Waals surface area (Å²) in [7, 11) is 0. The van der Waals surface area contributed by atoms with Gasteiger partial charge in [0, 0.05) is 18.3 Å². The molecule has 0 aromatic heterocycles. The highest BCUT2D eigenvalue weighted by molar-refractivity contribution is 5.89. The summed E-state index contributed by atoms with van der Waals surface area (Å²) < 4.78 is 0. The molecule has 5 aliphatic rings. The Bertz CT molecular complexity index is 862. The lowest BCUT2D eigenvalue weighted by molar-refractivity contribution is -0.159. The van der Waals surface area contributed by atoms with E-state index < -0.39 is 0 Å². The van der Waals surface area contributed by atoms with E-state index in [1.807, 2.05) is 18.4 Å². The average molecular weight is 406 g/mol. The molecule has 0 radical (unpaired) electrons. The van der Waals surface area contributed by atoms with Crippen molar-refractivity contribution >= 4 is 5.78 Å². The molecule has 7 atom stereocenters. The van der Waals surface area contributed by atoms with E-state index in [9.17, 15) is 4.79 Å². The molecule has 1 aliphatic heterocycles. The highest BCUT2D eigenvalue weighted by atomic mass is 16.1. The molecular formula is C28H39NO. The Morgan fingerprint density at radius 2 is 1.80 bits per heavy atom. The molecular weight excluding hydrogens is 366 g/mol. The van der Waals surface area contributed by atoms with Crippen LogP contribution in [0.25, 0.3) is 0 Å². The van der Waals surface area contributed by atoms with E-state index in [-0.39, 0.29) is 10.8 Å². The Morgan fingerprint density at radius 1 is 0.967 bits per heavy atom. The van der Waals surface area contributed by atoms with E-state index in [0.717, 1.165) is 36.3 Å². The third-order valence-corrected chi connectivity index (χ3v) is 10.6. The smallest absolute Gasteiger partial charge is 0.144 e. The standard InChI is InChI=1S/C28H39NO/c1-5-19-10-12-21-20-11-13-23-27(3,22(20)14-16-26(19,21)2)17-15-25(30)28(23,4)24-9-7-6-8-18-29-24/h5-9,18,20-23,29H,10-17H2,1-4H3/t20-,21-,22-,23+,26+,27+,28?/m0/s1. The van der Waals surface area contributed by atoms with E-state index in [4.69, 9.17) is 0 Å². The van der Waals surface area contributed by atoms with Crippen LogP contribution in [0.2, 0.25) is 0 Å². The van der Waals surface area contributed by atoms with Crippen molar-refractivity contribution in [2.75, 3.05) is 0 Å². The first-order valence-electron chi connectivity index (χ1n) is 12.3. The fourth-order valence-electron chi connectivity index (χ4n) is 9.04. The van der Waals surface area contributed by atoms with Crippen molar-refractivity contribution in [1.29, 1.82) is 0 Å². The number of carbonyl (C=O) groups is 1. The van der Waals surface area contributed by atoms with E-state index in [0.29, 0.717) is 17.1 Å². The number of ketones is 1. The second-order valence-corrected chi connectivity index (χ2v) is 11.4. The second kappa shape index (κ2) is 6.97. The maximum absolute atomic E-state index is 13.5. The number of hydrogen-bond acceptors (Lipinski definition) is 2. The first-order valence-corrected chi connectivity index (χ1v) is 12.3. The average Bonchev–Trinajstić information content (AvgIpc) is 2.90. The number of fused-ring (bicyclic) bond motifs is 5. The summed E-state index contributed by atoms with van der Waals surface area (Å²) in [5, 5.41) is 3.49. The monoisotopic (exact) mass is 405 g/mol. The molecule has 0 saturated heterocycles. The molecule has 1 N–H and O–H groups in total. The zero-order valence-electron chi connectivity index (χ0n) is 19.3. The van der Waals surface area contributed by atoms with E-state index in [1.54, 1.807) is 5.57 Å². The third kappa shape index (κ3) is 2.58. The summed E-state index contributed by atoms with van der Waals surface area (Å²) in [5.41, 5.74) is 3.17. The maximum Gasteiger partial charge on any atom is 0.144 e. The first-order chi connectivity index (χ1) is 14.4. The summed E-state index contributed by atoms with van der Waals surface area (Å²) in [6, 6.07) is 0. The highest BCUT2D eigenvalue weighted by Gasteiger charge is 2.64. The van der Waals surface area contributed by atoms with Crippen molar-refractivity contribution in [1.82, 2.24) is 5.32 Å². The fraction of sp³-hybridized carbons (Fsp3) is 0.679. The van der Waals surface area contributed by atoms with Crippen LogP contribution in [0.1, 0.15) is 79.1 Å². The number of hydrogen-bond donors (Lipinski definition) is 1. The van der Waals surface area contributed by atoms with Crippen LogP contribution in [0.4, 0.5) is 0 Å². The van der Waals surface area contributed by atoms with Gasteiger partial charge < -0.3 is 5.32 Å². The minimum absolute atomic E-state index is 0.272. The number of allylic oxidation sites excluding steroid dienone is 7. The molecule has 162 valence electrons. The van der Waals surface area contributed by atoms with Crippen molar-refractivity contribution in [3.8, 4) is 0 Å². The summed E-state index contributed by atoms with van der Waals surface area (Å²) in [4.78, 5) is 13.5. The van der Waals surface area contributed by atoms with Gasteiger partial charge in [0.05, 0.1) is 5.41 Å². The highest BCUT2D eigenvalue weighted by Crippen LogP contribution is 2.69. The molecule has 0 spiro atoms. The lowest BCUT2D eigenvalue weighted by atomic mass is 9.41. The van der Waals surface area contributed by atoms with E-state index >= 15 is 0 Å². The van der Waals surface area contributed by atoms with Gasteiger partial charge in [0.2, 0.25) is 0 Å². The van der Waals surface area contributed by atoms with Crippen LogP contribution < -0.4 is 5.32 Å². The molecule has 0 amide bonds. The third-order valence-electron chi connectivity index (χ3n) is 10.6. The van der Waals surface area contributed by atoms with Crippen LogP contribution in [0.5, 0.6) is 0 Å². The first kappa shape index (κ1) is 20.3. The molecule has 4 fully saturated rings. The molecule has 0 bridgehead atoms. The number of nitrogens with one attached hydrogen (secondary N) is 1. The molecule has 30 heavy (non-hydrogen) atoms. The number of Topliss-reactive ketones (excluding diaryl/α,β-unsaturated/α-hetero) is 1. The lowest BCUT2D eigenvalue weighted by Crippen LogP contribution is -2.60. The van der Waals surface area contributed by atoms with Gasteiger partial charge in [-0.1, -0.05) is 37.6 Å². The largest absolute Gasteiger partial charge is 0.364 e. The molecule has 0 aromatic rings. The summed E-state index contributed by atoms with van der Waals surface area (Å²) >= 11 is 0. The minimum Gasteiger partial charge on any atom is -0.364 e. The van der Waals surface area contributed by atoms with Crippen molar-refractivity contribution in [3.63, 3.8) is 0 Å². The Morgan fingerprint density at radius 3 is 2.60 bits per heavy atom. The number of rotatable bonds is 1. The molecule has 4 aliphatic carbocycles. The van der Waals surface area contributed by atoms with Gasteiger partial charge in [-0.15, -0.1) is 0 Å². The normalized spacial score (nSPS) is 49.0. The molecule has 1 heterocycles. The molecule has 5 rings (SSSR count). The summed E-state index contributed by atoms with van der Waals surface area (Å²) in [6.07, 6.45) is 22.5. The Hall–Kier alpha value is -1.57. The minimum atomic E-state index is -0.387. The van der Waals surface area contributed by atoms with Gasteiger partial charge in [-0.05, 0) is 105 Å². The van der Waals surface area contributed by atoms with Crippen molar-refractivity contribution < 1.29 is 4.79 Å². The predicted octanol–water partition coefficient (Wildman–Crippen LogP) is 6.72. The Balaban J connectivity index is 1.51. The fourth-order valence-corrected chi connectivity index (χ4v) is 9.04. The van der Waals surface area contributed by atoms with Crippen LogP contribution >= 0.6 is 0 Å². The second-order valence-electron chi connectivity index (χ2n) is 11.4. The van der Waals surface area contributed by atoms with Crippen LogP contribution in [0, 0.1) is 39.9 Å². The topological polar surface area (TPSA) is 29.1 Å². The Kier molecular flexibility index (Phi) is 4.73. The van der Waals surface area contributed by atoms with Gasteiger partial charge >= 0.3 is 0 Å². The van der Waals surface area contributed by atoms with Crippen LogP contribution in [-0.4, -0.2) is 5.78 Å². The van der Waals surface area contributed by atoms with E-state index in [1.165, 1.54) is 38.5 Å². The van der Waals surface area contributed by atoms with Crippen molar-refractivity contribution in [3.05, 3.63) is 47.9 Å². The Labute approximate surface area is 183 Å². The molecule has 1 unspecified atom stereocenters. The SMILES string of the molecule is CC=C1CC[C@H]2[C@@H]3CC[C@H]4C(C)(C5=CC=CC=CN5)C(=O)CC[C@]4(C)[C@H]3CC[C@]12C. The van der Waals surface area contributed by atoms with Gasteiger partial charge in [0.15, 0.2) is 0 Å². The quantitative estimate of drug-likeness (QED) is 0.491. The number of carbonyl (C=O) groups excluding carboxylic acids is 1.